The van der Waals surface area contributed by atoms with Crippen LogP contribution in [0.1, 0.15) is 5.56 Å². The summed E-state index contributed by atoms with van der Waals surface area (Å²) in [5, 5.41) is 9.62. The summed E-state index contributed by atoms with van der Waals surface area (Å²) in [6.07, 6.45) is 0. The molecular formula is C15H11Cl2NO2. The zero-order valence-corrected chi connectivity index (χ0v) is 12.0. The maximum absolute atomic E-state index is 8.68. The van der Waals surface area contributed by atoms with Crippen LogP contribution in [0.25, 0.3) is 0 Å². The molecule has 2 rings (SSSR count). The highest BCUT2D eigenvalue weighted by molar-refractivity contribution is 6.37. The number of hydrogen-bond donors (Lipinski definition) is 0. The van der Waals surface area contributed by atoms with Gasteiger partial charge in [0.2, 0.25) is 0 Å². The van der Waals surface area contributed by atoms with E-state index in [0.29, 0.717) is 40.3 Å². The SMILES string of the molecule is N#Cc1ccc(OCCOc2c(Cl)cccc2Cl)cc1. The van der Waals surface area contributed by atoms with Gasteiger partial charge >= 0.3 is 0 Å². The Balaban J connectivity index is 1.83. The summed E-state index contributed by atoms with van der Waals surface area (Å²) < 4.78 is 11.0. The van der Waals surface area contributed by atoms with E-state index >= 15 is 0 Å². The molecule has 0 heterocycles. The second kappa shape index (κ2) is 7.04. The van der Waals surface area contributed by atoms with Crippen molar-refractivity contribution in [2.24, 2.45) is 0 Å². The molecule has 5 heteroatoms. The first-order valence-corrected chi connectivity index (χ1v) is 6.66. The van der Waals surface area contributed by atoms with Crippen molar-refractivity contribution in [2.45, 2.75) is 0 Å². The molecular weight excluding hydrogens is 297 g/mol. The second-order valence-corrected chi connectivity index (χ2v) is 4.70. The van der Waals surface area contributed by atoms with E-state index in [2.05, 4.69) is 0 Å². The molecule has 0 N–H and O–H groups in total. The Labute approximate surface area is 127 Å². The van der Waals surface area contributed by atoms with Crippen LogP contribution >= 0.6 is 23.2 Å². The number of hydrogen-bond acceptors (Lipinski definition) is 3. The van der Waals surface area contributed by atoms with Crippen molar-refractivity contribution in [3.63, 3.8) is 0 Å². The predicted molar refractivity (Wildman–Crippen MR) is 78.6 cm³/mol. The van der Waals surface area contributed by atoms with Gasteiger partial charge in [0.15, 0.2) is 5.75 Å². The Hall–Kier alpha value is -1.89. The van der Waals surface area contributed by atoms with E-state index in [9.17, 15) is 0 Å². The van der Waals surface area contributed by atoms with Crippen molar-refractivity contribution in [2.75, 3.05) is 13.2 Å². The van der Waals surface area contributed by atoms with Crippen LogP contribution in [0.15, 0.2) is 42.5 Å². The Morgan fingerprint density at radius 2 is 1.50 bits per heavy atom. The zero-order valence-electron chi connectivity index (χ0n) is 10.5. The van der Waals surface area contributed by atoms with Crippen LogP contribution < -0.4 is 9.47 Å². The third-order valence-electron chi connectivity index (χ3n) is 2.50. The Morgan fingerprint density at radius 3 is 2.10 bits per heavy atom. The fourth-order valence-corrected chi connectivity index (χ4v) is 2.06. The van der Waals surface area contributed by atoms with Gasteiger partial charge in [-0.3, -0.25) is 0 Å². The normalized spacial score (nSPS) is 9.85. The number of ether oxygens (including phenoxy) is 2. The molecule has 2 aromatic carbocycles. The smallest absolute Gasteiger partial charge is 0.156 e. The lowest BCUT2D eigenvalue weighted by Gasteiger charge is -2.10. The van der Waals surface area contributed by atoms with Gasteiger partial charge in [-0.25, -0.2) is 0 Å². The molecule has 0 saturated heterocycles. The summed E-state index contributed by atoms with van der Waals surface area (Å²) in [5.74, 6) is 1.14. The molecule has 102 valence electrons. The number of rotatable bonds is 5. The number of nitriles is 1. The predicted octanol–water partition coefficient (Wildman–Crippen LogP) is 4.32. The van der Waals surface area contributed by atoms with Crippen molar-refractivity contribution >= 4 is 23.2 Å². The van der Waals surface area contributed by atoms with E-state index in [1.165, 1.54) is 0 Å². The lowest BCUT2D eigenvalue weighted by Crippen LogP contribution is -2.09. The number of nitrogens with zero attached hydrogens (tertiary/aromatic N) is 1. The average Bonchev–Trinajstić information content (AvgIpc) is 2.46. The molecule has 0 bridgehead atoms. The van der Waals surface area contributed by atoms with E-state index in [-0.39, 0.29) is 0 Å². The first-order chi connectivity index (χ1) is 9.70. The van der Waals surface area contributed by atoms with Crippen LogP contribution in [0, 0.1) is 11.3 Å². The topological polar surface area (TPSA) is 42.2 Å². The number of para-hydroxylation sites is 1. The summed E-state index contributed by atoms with van der Waals surface area (Å²) >= 11 is 12.0. The molecule has 0 aliphatic carbocycles. The van der Waals surface area contributed by atoms with Crippen molar-refractivity contribution in [3.05, 3.63) is 58.1 Å². The lowest BCUT2D eigenvalue weighted by molar-refractivity contribution is 0.217. The second-order valence-electron chi connectivity index (χ2n) is 3.88. The van der Waals surface area contributed by atoms with Crippen LogP contribution in [0.5, 0.6) is 11.5 Å². The molecule has 0 fully saturated rings. The molecule has 0 saturated carbocycles. The molecule has 2 aromatic rings. The Morgan fingerprint density at radius 1 is 0.900 bits per heavy atom. The molecule has 20 heavy (non-hydrogen) atoms. The van der Waals surface area contributed by atoms with Crippen LogP contribution in [0.2, 0.25) is 10.0 Å². The van der Waals surface area contributed by atoms with Crippen molar-refractivity contribution in [3.8, 4) is 17.6 Å². The number of benzene rings is 2. The van der Waals surface area contributed by atoms with E-state index in [1.807, 2.05) is 6.07 Å². The standard InChI is InChI=1S/C15H11Cl2NO2/c16-13-2-1-3-14(17)15(13)20-9-8-19-12-6-4-11(10-18)5-7-12/h1-7H,8-9H2. The van der Waals surface area contributed by atoms with Crippen LogP contribution in [-0.2, 0) is 0 Å². The average molecular weight is 308 g/mol. The van der Waals surface area contributed by atoms with Gasteiger partial charge in [0.1, 0.15) is 19.0 Å². The summed E-state index contributed by atoms with van der Waals surface area (Å²) in [4.78, 5) is 0. The fourth-order valence-electron chi connectivity index (χ4n) is 1.55. The fraction of sp³-hybridized carbons (Fsp3) is 0.133. The van der Waals surface area contributed by atoms with Gasteiger partial charge in [-0.05, 0) is 36.4 Å². The first kappa shape index (κ1) is 14.5. The molecule has 0 unspecified atom stereocenters. The van der Waals surface area contributed by atoms with E-state index in [1.54, 1.807) is 42.5 Å². The minimum absolute atomic E-state index is 0.323. The zero-order chi connectivity index (χ0) is 14.4. The van der Waals surface area contributed by atoms with Gasteiger partial charge in [-0.2, -0.15) is 5.26 Å². The lowest BCUT2D eigenvalue weighted by atomic mass is 10.2. The van der Waals surface area contributed by atoms with Crippen molar-refractivity contribution < 1.29 is 9.47 Å². The third-order valence-corrected chi connectivity index (χ3v) is 3.10. The molecule has 0 radical (unpaired) electrons. The monoisotopic (exact) mass is 307 g/mol. The van der Waals surface area contributed by atoms with Crippen LogP contribution in [-0.4, -0.2) is 13.2 Å². The quantitative estimate of drug-likeness (QED) is 0.772. The van der Waals surface area contributed by atoms with Crippen molar-refractivity contribution in [1.82, 2.24) is 0 Å². The maximum atomic E-state index is 8.68. The largest absolute Gasteiger partial charge is 0.490 e. The summed E-state index contributed by atoms with van der Waals surface area (Å²) in [6.45, 7) is 0.677. The van der Waals surface area contributed by atoms with Crippen molar-refractivity contribution in [1.29, 1.82) is 5.26 Å². The van der Waals surface area contributed by atoms with Crippen LogP contribution in [0.4, 0.5) is 0 Å². The summed E-state index contributed by atoms with van der Waals surface area (Å²) in [6, 6.07) is 14.1. The molecule has 3 nitrogen and oxygen atoms in total. The highest BCUT2D eigenvalue weighted by Crippen LogP contribution is 2.32. The highest BCUT2D eigenvalue weighted by atomic mass is 35.5. The van der Waals surface area contributed by atoms with Gasteiger partial charge in [0, 0.05) is 0 Å². The Kier molecular flexibility index (Phi) is 5.11. The molecule has 0 aliphatic heterocycles. The van der Waals surface area contributed by atoms with Gasteiger partial charge in [0.25, 0.3) is 0 Å². The summed E-state index contributed by atoms with van der Waals surface area (Å²) in [7, 11) is 0. The Bertz CT molecular complexity index is 601. The first-order valence-electron chi connectivity index (χ1n) is 5.90. The summed E-state index contributed by atoms with van der Waals surface area (Å²) in [5.41, 5.74) is 0.594. The minimum Gasteiger partial charge on any atom is -0.490 e. The highest BCUT2D eigenvalue weighted by Gasteiger charge is 2.06. The maximum Gasteiger partial charge on any atom is 0.156 e. The molecule has 0 amide bonds. The van der Waals surface area contributed by atoms with Gasteiger partial charge < -0.3 is 9.47 Å². The van der Waals surface area contributed by atoms with Gasteiger partial charge in [0.05, 0.1) is 21.7 Å². The van der Waals surface area contributed by atoms with E-state index < -0.39 is 0 Å². The van der Waals surface area contributed by atoms with E-state index in [0.717, 1.165) is 0 Å². The van der Waals surface area contributed by atoms with E-state index in [4.69, 9.17) is 37.9 Å². The van der Waals surface area contributed by atoms with Gasteiger partial charge in [-0.15, -0.1) is 0 Å². The minimum atomic E-state index is 0.323. The molecule has 0 aromatic heterocycles. The van der Waals surface area contributed by atoms with Crippen LogP contribution in [0.3, 0.4) is 0 Å². The van der Waals surface area contributed by atoms with Gasteiger partial charge in [-0.1, -0.05) is 29.3 Å². The molecule has 0 spiro atoms. The number of halogens is 2. The molecule has 0 atom stereocenters. The molecule has 0 aliphatic rings. The third kappa shape index (κ3) is 3.80.